The Bertz CT molecular complexity index is 480. The standard InChI is InChI=1S/C19H29NO/c1-15-13-20(14-16-6-3-4-7-16)11-10-19(15,2)17-8-5-9-18(21)12-17/h5,8-9,12,15-16,21H,3-4,6-7,10-11,13-14H2,1-2H3. The van der Waals surface area contributed by atoms with E-state index in [4.69, 9.17) is 0 Å². The van der Waals surface area contributed by atoms with E-state index in [1.165, 1.54) is 57.3 Å². The van der Waals surface area contributed by atoms with E-state index in [-0.39, 0.29) is 5.41 Å². The number of nitrogens with zero attached hydrogens (tertiary/aromatic N) is 1. The summed E-state index contributed by atoms with van der Waals surface area (Å²) in [5, 5.41) is 9.78. The van der Waals surface area contributed by atoms with Gasteiger partial charge in [0.25, 0.3) is 0 Å². The molecule has 116 valence electrons. The second-order valence-corrected chi connectivity index (χ2v) is 7.53. The molecule has 1 saturated carbocycles. The molecule has 3 rings (SSSR count). The Morgan fingerprint density at radius 3 is 2.71 bits per heavy atom. The highest BCUT2D eigenvalue weighted by molar-refractivity contribution is 5.33. The van der Waals surface area contributed by atoms with E-state index in [1.54, 1.807) is 6.07 Å². The molecule has 1 aromatic carbocycles. The summed E-state index contributed by atoms with van der Waals surface area (Å²) in [5.41, 5.74) is 1.50. The molecule has 2 nitrogen and oxygen atoms in total. The Balaban J connectivity index is 1.67. The Kier molecular flexibility index (Phi) is 4.26. The summed E-state index contributed by atoms with van der Waals surface area (Å²) in [5.74, 6) is 1.98. The summed E-state index contributed by atoms with van der Waals surface area (Å²) < 4.78 is 0. The van der Waals surface area contributed by atoms with Crippen molar-refractivity contribution in [2.45, 2.75) is 51.4 Å². The van der Waals surface area contributed by atoms with E-state index in [1.807, 2.05) is 12.1 Å². The van der Waals surface area contributed by atoms with Gasteiger partial charge in [0.05, 0.1) is 0 Å². The van der Waals surface area contributed by atoms with Crippen LogP contribution < -0.4 is 0 Å². The van der Waals surface area contributed by atoms with Crippen molar-refractivity contribution >= 4 is 0 Å². The third kappa shape index (κ3) is 3.11. The minimum Gasteiger partial charge on any atom is -0.508 e. The van der Waals surface area contributed by atoms with Crippen molar-refractivity contribution in [3.8, 4) is 5.75 Å². The van der Waals surface area contributed by atoms with Crippen molar-refractivity contribution in [1.29, 1.82) is 0 Å². The van der Waals surface area contributed by atoms with Gasteiger partial charge in [-0.15, -0.1) is 0 Å². The zero-order chi connectivity index (χ0) is 14.9. The Labute approximate surface area is 129 Å². The molecule has 0 bridgehead atoms. The number of hydrogen-bond acceptors (Lipinski definition) is 2. The van der Waals surface area contributed by atoms with Gasteiger partial charge < -0.3 is 10.0 Å². The van der Waals surface area contributed by atoms with Crippen LogP contribution in [0.2, 0.25) is 0 Å². The predicted molar refractivity (Wildman–Crippen MR) is 87.6 cm³/mol. The van der Waals surface area contributed by atoms with E-state index >= 15 is 0 Å². The van der Waals surface area contributed by atoms with Crippen LogP contribution in [-0.2, 0) is 5.41 Å². The maximum Gasteiger partial charge on any atom is 0.115 e. The molecule has 21 heavy (non-hydrogen) atoms. The van der Waals surface area contributed by atoms with Gasteiger partial charge in [-0.05, 0) is 60.8 Å². The SMILES string of the molecule is CC1CN(CC2CCCC2)CCC1(C)c1cccc(O)c1. The zero-order valence-corrected chi connectivity index (χ0v) is 13.5. The molecular weight excluding hydrogens is 258 g/mol. The molecule has 1 aliphatic carbocycles. The van der Waals surface area contributed by atoms with Crippen molar-refractivity contribution in [3.05, 3.63) is 29.8 Å². The number of aromatic hydroxyl groups is 1. The smallest absolute Gasteiger partial charge is 0.115 e. The number of piperidine rings is 1. The first-order valence-corrected chi connectivity index (χ1v) is 8.60. The van der Waals surface area contributed by atoms with Crippen LogP contribution in [0.3, 0.4) is 0 Å². The second-order valence-electron chi connectivity index (χ2n) is 7.53. The molecule has 1 heterocycles. The van der Waals surface area contributed by atoms with Crippen LogP contribution in [0.25, 0.3) is 0 Å². The fourth-order valence-electron chi connectivity index (χ4n) is 4.33. The average Bonchev–Trinajstić information content (AvgIpc) is 2.96. The first-order chi connectivity index (χ1) is 10.1. The number of likely N-dealkylation sites (tertiary alicyclic amines) is 1. The highest BCUT2D eigenvalue weighted by atomic mass is 16.3. The van der Waals surface area contributed by atoms with Gasteiger partial charge >= 0.3 is 0 Å². The third-order valence-electron chi connectivity index (χ3n) is 6.06. The van der Waals surface area contributed by atoms with Crippen molar-refractivity contribution in [2.24, 2.45) is 11.8 Å². The molecule has 1 N–H and O–H groups in total. The molecule has 0 radical (unpaired) electrons. The minimum absolute atomic E-state index is 0.199. The van der Waals surface area contributed by atoms with Gasteiger partial charge in [0.15, 0.2) is 0 Å². The van der Waals surface area contributed by atoms with Crippen molar-refractivity contribution in [3.63, 3.8) is 0 Å². The quantitative estimate of drug-likeness (QED) is 0.901. The normalized spacial score (nSPS) is 31.6. The Morgan fingerprint density at radius 2 is 2.05 bits per heavy atom. The van der Waals surface area contributed by atoms with E-state index in [9.17, 15) is 5.11 Å². The first-order valence-electron chi connectivity index (χ1n) is 8.60. The maximum atomic E-state index is 9.78. The highest BCUT2D eigenvalue weighted by Gasteiger charge is 2.38. The van der Waals surface area contributed by atoms with Crippen molar-refractivity contribution in [2.75, 3.05) is 19.6 Å². The van der Waals surface area contributed by atoms with Gasteiger partial charge in [-0.3, -0.25) is 0 Å². The molecule has 1 aromatic rings. The molecule has 1 saturated heterocycles. The lowest BCUT2D eigenvalue weighted by Crippen LogP contribution is -2.48. The van der Waals surface area contributed by atoms with E-state index in [0.717, 1.165) is 5.92 Å². The average molecular weight is 287 g/mol. The highest BCUT2D eigenvalue weighted by Crippen LogP contribution is 2.40. The number of benzene rings is 1. The Morgan fingerprint density at radius 1 is 1.29 bits per heavy atom. The van der Waals surface area contributed by atoms with Gasteiger partial charge in [-0.25, -0.2) is 0 Å². The maximum absolute atomic E-state index is 9.78. The zero-order valence-electron chi connectivity index (χ0n) is 13.5. The third-order valence-corrected chi connectivity index (χ3v) is 6.06. The summed E-state index contributed by atoms with van der Waals surface area (Å²) in [6, 6.07) is 7.90. The fourth-order valence-corrected chi connectivity index (χ4v) is 4.33. The molecule has 0 spiro atoms. The minimum atomic E-state index is 0.199. The fraction of sp³-hybridized carbons (Fsp3) is 0.684. The summed E-state index contributed by atoms with van der Waals surface area (Å²) in [7, 11) is 0. The molecule has 0 aromatic heterocycles. The van der Waals surface area contributed by atoms with Gasteiger partial charge in [0.2, 0.25) is 0 Å². The summed E-state index contributed by atoms with van der Waals surface area (Å²) >= 11 is 0. The molecule has 1 aliphatic heterocycles. The van der Waals surface area contributed by atoms with Crippen LogP contribution in [-0.4, -0.2) is 29.6 Å². The van der Waals surface area contributed by atoms with E-state index in [0.29, 0.717) is 11.7 Å². The molecule has 2 fully saturated rings. The molecular formula is C19H29NO. The largest absolute Gasteiger partial charge is 0.508 e. The number of phenols is 1. The van der Waals surface area contributed by atoms with Gasteiger partial charge in [0.1, 0.15) is 5.75 Å². The molecule has 2 heteroatoms. The molecule has 2 aliphatic rings. The van der Waals surface area contributed by atoms with Crippen LogP contribution in [0.1, 0.15) is 51.5 Å². The van der Waals surface area contributed by atoms with Crippen LogP contribution in [0.4, 0.5) is 0 Å². The summed E-state index contributed by atoms with van der Waals surface area (Å²) in [4.78, 5) is 2.69. The number of rotatable bonds is 3. The second kappa shape index (κ2) is 6.00. The number of hydrogen-bond donors (Lipinski definition) is 1. The number of phenolic OH excluding ortho intramolecular Hbond substituents is 1. The molecule has 0 amide bonds. The lowest BCUT2D eigenvalue weighted by Gasteiger charge is -2.45. The lowest BCUT2D eigenvalue weighted by atomic mass is 9.68. The monoisotopic (exact) mass is 287 g/mol. The van der Waals surface area contributed by atoms with Gasteiger partial charge in [-0.2, -0.15) is 0 Å². The van der Waals surface area contributed by atoms with Crippen molar-refractivity contribution in [1.82, 2.24) is 4.90 Å². The first kappa shape index (κ1) is 14.9. The molecule has 2 unspecified atom stereocenters. The van der Waals surface area contributed by atoms with Gasteiger partial charge in [-0.1, -0.05) is 38.8 Å². The predicted octanol–water partition coefficient (Wildman–Crippen LogP) is 4.18. The summed E-state index contributed by atoms with van der Waals surface area (Å²) in [6.07, 6.45) is 6.96. The van der Waals surface area contributed by atoms with E-state index < -0.39 is 0 Å². The van der Waals surface area contributed by atoms with Crippen LogP contribution in [0.5, 0.6) is 5.75 Å². The van der Waals surface area contributed by atoms with E-state index in [2.05, 4.69) is 24.8 Å². The molecule has 2 atom stereocenters. The van der Waals surface area contributed by atoms with Crippen LogP contribution >= 0.6 is 0 Å². The van der Waals surface area contributed by atoms with Crippen LogP contribution in [0.15, 0.2) is 24.3 Å². The topological polar surface area (TPSA) is 23.5 Å². The van der Waals surface area contributed by atoms with Crippen LogP contribution in [0, 0.1) is 11.8 Å². The van der Waals surface area contributed by atoms with Gasteiger partial charge in [0, 0.05) is 13.1 Å². The Hall–Kier alpha value is -1.02. The van der Waals surface area contributed by atoms with Crippen molar-refractivity contribution < 1.29 is 5.11 Å². The summed E-state index contributed by atoms with van der Waals surface area (Å²) in [6.45, 7) is 8.46. The lowest BCUT2D eigenvalue weighted by molar-refractivity contribution is 0.0972.